The first-order chi connectivity index (χ1) is 3.27. The van der Waals surface area contributed by atoms with Gasteiger partial charge in [-0.3, -0.25) is 0 Å². The molecule has 0 aromatic rings. The Bertz CT molecular complexity index is 88.0. The van der Waals surface area contributed by atoms with Crippen LogP contribution in [0, 0.1) is 11.5 Å². The second kappa shape index (κ2) is 3.91. The summed E-state index contributed by atoms with van der Waals surface area (Å²) in [6.45, 7) is 4.19. The molecule has 39 valence electrons. The summed E-state index contributed by atoms with van der Waals surface area (Å²) in [6, 6.07) is 0. The van der Waals surface area contributed by atoms with Gasteiger partial charge >= 0.3 is 0 Å². The van der Waals surface area contributed by atoms with Crippen LogP contribution in [0.3, 0.4) is 0 Å². The van der Waals surface area contributed by atoms with E-state index < -0.39 is 8.80 Å². The summed E-state index contributed by atoms with van der Waals surface area (Å²) < 4.78 is 0. The van der Waals surface area contributed by atoms with Crippen LogP contribution in [0.1, 0.15) is 0 Å². The maximum Gasteiger partial charge on any atom is 0.138 e. The van der Waals surface area contributed by atoms with Crippen LogP contribution in [0.2, 0.25) is 13.1 Å². The molecule has 2 heteroatoms. The van der Waals surface area contributed by atoms with E-state index in [-0.39, 0.29) is 6.61 Å². The van der Waals surface area contributed by atoms with Gasteiger partial charge in [0.1, 0.15) is 15.4 Å². The molecule has 1 N–H and O–H groups in total. The van der Waals surface area contributed by atoms with Gasteiger partial charge < -0.3 is 5.11 Å². The Hall–Kier alpha value is -0.263. The summed E-state index contributed by atoms with van der Waals surface area (Å²) in [6.07, 6.45) is 0. The Morgan fingerprint density at radius 1 is 1.57 bits per heavy atom. The second-order valence-electron chi connectivity index (χ2n) is 1.46. The van der Waals surface area contributed by atoms with Gasteiger partial charge in [-0.25, -0.2) is 0 Å². The standard InChI is InChI=1S/C5H9OSi/c1-7(2)5-3-4-6/h6H,4H2,1-2H3. The highest BCUT2D eigenvalue weighted by Crippen LogP contribution is 1.70. The predicted molar refractivity (Wildman–Crippen MR) is 32.3 cm³/mol. The van der Waals surface area contributed by atoms with Gasteiger partial charge in [0, 0.05) is 0 Å². The zero-order valence-electron chi connectivity index (χ0n) is 4.65. The van der Waals surface area contributed by atoms with Gasteiger partial charge in [0.15, 0.2) is 0 Å². The lowest BCUT2D eigenvalue weighted by Gasteiger charge is -1.79. The molecular weight excluding hydrogens is 104 g/mol. The summed E-state index contributed by atoms with van der Waals surface area (Å²) in [4.78, 5) is 0. The summed E-state index contributed by atoms with van der Waals surface area (Å²) >= 11 is 0. The number of hydrogen-bond acceptors (Lipinski definition) is 1. The lowest BCUT2D eigenvalue weighted by Crippen LogP contribution is -1.93. The van der Waals surface area contributed by atoms with Crippen molar-refractivity contribution in [2.75, 3.05) is 6.61 Å². The minimum Gasteiger partial charge on any atom is -0.384 e. The van der Waals surface area contributed by atoms with Crippen molar-refractivity contribution in [1.29, 1.82) is 0 Å². The fourth-order valence-electron chi connectivity index (χ4n) is 0.216. The lowest BCUT2D eigenvalue weighted by molar-refractivity contribution is 0.350. The molecule has 0 amide bonds. The number of aliphatic hydroxyl groups excluding tert-OH is 1. The van der Waals surface area contributed by atoms with E-state index >= 15 is 0 Å². The quantitative estimate of drug-likeness (QED) is 0.353. The van der Waals surface area contributed by atoms with Crippen LogP contribution in [0.15, 0.2) is 0 Å². The smallest absolute Gasteiger partial charge is 0.138 e. The molecule has 0 heterocycles. The molecule has 0 spiro atoms. The monoisotopic (exact) mass is 113 g/mol. The van der Waals surface area contributed by atoms with E-state index in [1.807, 2.05) is 0 Å². The number of aliphatic hydroxyl groups is 1. The van der Waals surface area contributed by atoms with Gasteiger partial charge in [0.05, 0.1) is 0 Å². The minimum atomic E-state index is -0.418. The van der Waals surface area contributed by atoms with Crippen LogP contribution in [0.4, 0.5) is 0 Å². The van der Waals surface area contributed by atoms with Crippen molar-refractivity contribution in [3.8, 4) is 11.5 Å². The van der Waals surface area contributed by atoms with Crippen LogP contribution >= 0.6 is 0 Å². The molecule has 0 fully saturated rings. The van der Waals surface area contributed by atoms with Gasteiger partial charge in [-0.1, -0.05) is 19.0 Å². The molecule has 0 unspecified atom stereocenters. The number of rotatable bonds is 0. The molecule has 0 aliphatic carbocycles. The highest BCUT2D eigenvalue weighted by atomic mass is 28.3. The lowest BCUT2D eigenvalue weighted by atomic mass is 10.8. The average molecular weight is 113 g/mol. The largest absolute Gasteiger partial charge is 0.384 e. The summed E-state index contributed by atoms with van der Waals surface area (Å²) in [5, 5.41) is 8.16. The van der Waals surface area contributed by atoms with Crippen molar-refractivity contribution in [3.05, 3.63) is 0 Å². The first kappa shape index (κ1) is 6.74. The summed E-state index contributed by atoms with van der Waals surface area (Å²) in [5.74, 6) is 2.60. The van der Waals surface area contributed by atoms with Crippen molar-refractivity contribution >= 4 is 8.80 Å². The summed E-state index contributed by atoms with van der Waals surface area (Å²) in [5.41, 5.74) is 2.90. The molecule has 0 atom stereocenters. The van der Waals surface area contributed by atoms with Crippen molar-refractivity contribution in [2.45, 2.75) is 13.1 Å². The fraction of sp³-hybridized carbons (Fsp3) is 0.600. The van der Waals surface area contributed by atoms with Gasteiger partial charge in [0.2, 0.25) is 0 Å². The third-order valence-electron chi connectivity index (χ3n) is 0.417. The normalized spacial score (nSPS) is 8.00. The molecule has 0 rings (SSSR count). The van der Waals surface area contributed by atoms with Gasteiger partial charge in [-0.05, 0) is 0 Å². The Morgan fingerprint density at radius 2 is 2.14 bits per heavy atom. The summed E-state index contributed by atoms with van der Waals surface area (Å²) in [7, 11) is -0.418. The molecule has 0 bridgehead atoms. The molecule has 0 saturated carbocycles. The Labute approximate surface area is 46.0 Å². The Balaban J connectivity index is 3.24. The molecule has 1 radical (unpaired) electrons. The van der Waals surface area contributed by atoms with Crippen LogP contribution in [0.25, 0.3) is 0 Å². The van der Waals surface area contributed by atoms with E-state index in [0.29, 0.717) is 0 Å². The van der Waals surface area contributed by atoms with E-state index in [1.54, 1.807) is 0 Å². The molecule has 0 aliphatic heterocycles. The van der Waals surface area contributed by atoms with Gasteiger partial charge in [-0.2, -0.15) is 0 Å². The molecule has 0 aromatic carbocycles. The SMILES string of the molecule is C[Si](C)C#CCO. The van der Waals surface area contributed by atoms with Gasteiger partial charge in [-0.15, -0.1) is 5.54 Å². The highest BCUT2D eigenvalue weighted by molar-refractivity contribution is 6.64. The van der Waals surface area contributed by atoms with Crippen LogP contribution in [-0.2, 0) is 0 Å². The average Bonchev–Trinajstić information content (AvgIpc) is 1.61. The Morgan fingerprint density at radius 3 is 2.29 bits per heavy atom. The van der Waals surface area contributed by atoms with E-state index in [4.69, 9.17) is 5.11 Å². The maximum absolute atomic E-state index is 8.16. The van der Waals surface area contributed by atoms with E-state index in [1.165, 1.54) is 0 Å². The molecule has 0 aliphatic rings. The van der Waals surface area contributed by atoms with Gasteiger partial charge in [0.25, 0.3) is 0 Å². The molecule has 7 heavy (non-hydrogen) atoms. The maximum atomic E-state index is 8.16. The van der Waals surface area contributed by atoms with E-state index in [2.05, 4.69) is 24.6 Å². The van der Waals surface area contributed by atoms with Crippen molar-refractivity contribution in [1.82, 2.24) is 0 Å². The predicted octanol–water partition coefficient (Wildman–Crippen LogP) is 0.276. The third kappa shape index (κ3) is 5.74. The van der Waals surface area contributed by atoms with Crippen LogP contribution < -0.4 is 0 Å². The van der Waals surface area contributed by atoms with Crippen LogP contribution in [-0.4, -0.2) is 20.5 Å². The van der Waals surface area contributed by atoms with Crippen molar-refractivity contribution < 1.29 is 5.11 Å². The van der Waals surface area contributed by atoms with Crippen molar-refractivity contribution in [3.63, 3.8) is 0 Å². The van der Waals surface area contributed by atoms with Crippen molar-refractivity contribution in [2.24, 2.45) is 0 Å². The third-order valence-corrected chi connectivity index (χ3v) is 1.09. The first-order valence-electron chi connectivity index (χ1n) is 2.17. The first-order valence-corrected chi connectivity index (χ1v) is 4.67. The zero-order valence-corrected chi connectivity index (χ0v) is 5.65. The second-order valence-corrected chi connectivity index (χ2v) is 3.71. The fourth-order valence-corrected chi connectivity index (χ4v) is 0.649. The van der Waals surface area contributed by atoms with Crippen LogP contribution in [0.5, 0.6) is 0 Å². The number of hydrogen-bond donors (Lipinski definition) is 1. The highest BCUT2D eigenvalue weighted by Gasteiger charge is 1.82. The zero-order chi connectivity index (χ0) is 5.70. The molecular formula is C5H9OSi. The van der Waals surface area contributed by atoms with E-state index in [0.717, 1.165) is 0 Å². The topological polar surface area (TPSA) is 20.2 Å². The Kier molecular flexibility index (Phi) is 3.76. The molecule has 0 aromatic heterocycles. The molecule has 0 saturated heterocycles. The van der Waals surface area contributed by atoms with E-state index in [9.17, 15) is 0 Å². The molecule has 1 nitrogen and oxygen atoms in total. The minimum absolute atomic E-state index is 0.00977.